The monoisotopic (exact) mass is 514 g/mol. The highest BCUT2D eigenvalue weighted by Crippen LogP contribution is 2.61. The van der Waals surface area contributed by atoms with Crippen molar-refractivity contribution in [2.24, 2.45) is 5.41 Å². The Bertz CT molecular complexity index is 1490. The first-order valence-electron chi connectivity index (χ1n) is 14.2. The fourth-order valence-electron chi connectivity index (χ4n) is 8.03. The van der Waals surface area contributed by atoms with Crippen LogP contribution in [-0.4, -0.2) is 25.8 Å². The number of hydrogen-bond acceptors (Lipinski definition) is 3. The summed E-state index contributed by atoms with van der Waals surface area (Å²) in [6.45, 7) is 5.86. The SMILES string of the molecule is CCOC(=O)C1(CC2(CC3(CC)c4ccccc4-c4ccccc43)COC2)c2ccccc2-c2ccccc21. The zero-order chi connectivity index (χ0) is 26.7. The summed E-state index contributed by atoms with van der Waals surface area (Å²) >= 11 is 0. The van der Waals surface area contributed by atoms with Gasteiger partial charge in [0.05, 0.1) is 19.8 Å². The van der Waals surface area contributed by atoms with E-state index in [1.165, 1.54) is 22.3 Å². The van der Waals surface area contributed by atoms with Crippen molar-refractivity contribution in [1.29, 1.82) is 0 Å². The van der Waals surface area contributed by atoms with E-state index in [-0.39, 0.29) is 16.8 Å². The number of ether oxygens (including phenoxy) is 2. The van der Waals surface area contributed by atoms with Crippen molar-refractivity contribution < 1.29 is 14.3 Å². The van der Waals surface area contributed by atoms with Crippen molar-refractivity contribution in [3.05, 3.63) is 119 Å². The zero-order valence-corrected chi connectivity index (χ0v) is 22.7. The van der Waals surface area contributed by atoms with E-state index < -0.39 is 5.41 Å². The summed E-state index contributed by atoms with van der Waals surface area (Å²) in [7, 11) is 0. The van der Waals surface area contributed by atoms with Gasteiger partial charge in [0.1, 0.15) is 5.41 Å². The predicted molar refractivity (Wildman–Crippen MR) is 155 cm³/mol. The van der Waals surface area contributed by atoms with Crippen LogP contribution in [0.3, 0.4) is 0 Å². The molecule has 3 nitrogen and oxygen atoms in total. The summed E-state index contributed by atoms with van der Waals surface area (Å²) in [4.78, 5) is 14.2. The molecule has 1 aliphatic heterocycles. The van der Waals surface area contributed by atoms with Gasteiger partial charge in [0.15, 0.2) is 0 Å². The molecule has 4 aromatic rings. The third-order valence-electron chi connectivity index (χ3n) is 9.60. The lowest BCUT2D eigenvalue weighted by Gasteiger charge is -2.51. The normalized spacial score (nSPS) is 18.3. The Labute approximate surface area is 230 Å². The Morgan fingerprint density at radius 3 is 1.51 bits per heavy atom. The van der Waals surface area contributed by atoms with Gasteiger partial charge in [-0.05, 0) is 70.7 Å². The summed E-state index contributed by atoms with van der Waals surface area (Å²) in [5.41, 5.74) is 8.69. The molecular weight excluding hydrogens is 480 g/mol. The summed E-state index contributed by atoms with van der Waals surface area (Å²) < 4.78 is 11.9. The highest BCUT2D eigenvalue weighted by atomic mass is 16.5. The van der Waals surface area contributed by atoms with Gasteiger partial charge in [0, 0.05) is 10.8 Å². The molecule has 3 heteroatoms. The van der Waals surface area contributed by atoms with E-state index in [0.29, 0.717) is 26.2 Å². The summed E-state index contributed by atoms with van der Waals surface area (Å²) in [6.07, 6.45) is 2.58. The Hall–Kier alpha value is -3.69. The van der Waals surface area contributed by atoms with Gasteiger partial charge in [-0.1, -0.05) is 104 Å². The smallest absolute Gasteiger partial charge is 0.321 e. The Morgan fingerprint density at radius 2 is 1.10 bits per heavy atom. The van der Waals surface area contributed by atoms with Crippen LogP contribution in [0.25, 0.3) is 22.3 Å². The number of rotatable bonds is 7. The van der Waals surface area contributed by atoms with Gasteiger partial charge in [0.2, 0.25) is 0 Å². The van der Waals surface area contributed by atoms with E-state index >= 15 is 0 Å². The van der Waals surface area contributed by atoms with Gasteiger partial charge in [0.25, 0.3) is 0 Å². The van der Waals surface area contributed by atoms with Gasteiger partial charge in [-0.3, -0.25) is 4.79 Å². The molecule has 196 valence electrons. The molecule has 0 unspecified atom stereocenters. The first kappa shape index (κ1) is 24.4. The summed E-state index contributed by atoms with van der Waals surface area (Å²) in [5, 5.41) is 0. The van der Waals surface area contributed by atoms with E-state index in [0.717, 1.165) is 35.1 Å². The Balaban J connectivity index is 1.40. The van der Waals surface area contributed by atoms with E-state index in [9.17, 15) is 4.79 Å². The lowest BCUT2D eigenvalue weighted by Crippen LogP contribution is -2.53. The van der Waals surface area contributed by atoms with Crippen LogP contribution in [0.15, 0.2) is 97.1 Å². The highest BCUT2D eigenvalue weighted by molar-refractivity contribution is 5.98. The van der Waals surface area contributed by atoms with Crippen LogP contribution in [0.2, 0.25) is 0 Å². The minimum atomic E-state index is -0.862. The molecule has 1 fully saturated rings. The molecule has 1 heterocycles. The minimum Gasteiger partial charge on any atom is -0.465 e. The largest absolute Gasteiger partial charge is 0.465 e. The Kier molecular flexibility index (Phi) is 5.57. The van der Waals surface area contributed by atoms with Gasteiger partial charge in [-0.15, -0.1) is 0 Å². The second-order valence-corrected chi connectivity index (χ2v) is 11.6. The second kappa shape index (κ2) is 8.93. The molecule has 1 saturated heterocycles. The minimum absolute atomic E-state index is 0.134. The average molecular weight is 515 g/mol. The second-order valence-electron chi connectivity index (χ2n) is 11.6. The van der Waals surface area contributed by atoms with Crippen molar-refractivity contribution in [3.63, 3.8) is 0 Å². The van der Waals surface area contributed by atoms with Gasteiger partial charge in [-0.25, -0.2) is 0 Å². The molecule has 2 aliphatic carbocycles. The van der Waals surface area contributed by atoms with Gasteiger partial charge < -0.3 is 9.47 Å². The number of fused-ring (bicyclic) bond motifs is 6. The third-order valence-corrected chi connectivity index (χ3v) is 9.60. The van der Waals surface area contributed by atoms with Crippen LogP contribution in [0, 0.1) is 5.41 Å². The lowest BCUT2D eigenvalue weighted by molar-refractivity contribution is -0.161. The van der Waals surface area contributed by atoms with Crippen molar-refractivity contribution in [2.45, 2.75) is 43.9 Å². The zero-order valence-electron chi connectivity index (χ0n) is 22.7. The number of hydrogen-bond donors (Lipinski definition) is 0. The van der Waals surface area contributed by atoms with Crippen LogP contribution in [0.5, 0.6) is 0 Å². The van der Waals surface area contributed by atoms with E-state index in [1.54, 1.807) is 0 Å². The quantitative estimate of drug-likeness (QED) is 0.237. The standard InChI is InChI=1S/C36H34O3/c1-3-35(29-17-9-5-13-25(29)26-14-6-10-18-30(26)35)21-34(23-38-24-34)22-36(33(37)39-4-2)31-19-11-7-15-27(31)28-16-8-12-20-32(28)36/h5-20H,3-4,21-24H2,1-2H3. The molecule has 0 bridgehead atoms. The molecule has 0 radical (unpaired) electrons. The molecule has 0 spiro atoms. The number of carbonyl (C=O) groups excluding carboxylic acids is 1. The lowest BCUT2D eigenvalue weighted by atomic mass is 9.58. The predicted octanol–water partition coefficient (Wildman–Crippen LogP) is 7.69. The third kappa shape index (κ3) is 3.29. The molecule has 0 amide bonds. The van der Waals surface area contributed by atoms with Crippen molar-refractivity contribution >= 4 is 5.97 Å². The molecular formula is C36H34O3. The molecule has 7 rings (SSSR count). The summed E-state index contributed by atoms with van der Waals surface area (Å²) in [5.74, 6) is -0.147. The van der Waals surface area contributed by atoms with E-state index in [2.05, 4.69) is 104 Å². The van der Waals surface area contributed by atoms with Crippen LogP contribution in [0.1, 0.15) is 55.4 Å². The molecule has 0 atom stereocenters. The van der Waals surface area contributed by atoms with Crippen molar-refractivity contribution in [2.75, 3.05) is 19.8 Å². The molecule has 4 aromatic carbocycles. The molecule has 0 aromatic heterocycles. The van der Waals surface area contributed by atoms with Gasteiger partial charge >= 0.3 is 5.97 Å². The van der Waals surface area contributed by atoms with Crippen LogP contribution < -0.4 is 0 Å². The maximum absolute atomic E-state index is 14.2. The van der Waals surface area contributed by atoms with E-state index in [4.69, 9.17) is 9.47 Å². The number of benzene rings is 4. The van der Waals surface area contributed by atoms with Crippen molar-refractivity contribution in [3.8, 4) is 22.3 Å². The fraction of sp³-hybridized carbons (Fsp3) is 0.306. The maximum Gasteiger partial charge on any atom is 0.321 e. The molecule has 39 heavy (non-hydrogen) atoms. The topological polar surface area (TPSA) is 35.5 Å². The Morgan fingerprint density at radius 1 is 0.667 bits per heavy atom. The molecule has 0 saturated carbocycles. The van der Waals surface area contributed by atoms with Crippen molar-refractivity contribution in [1.82, 2.24) is 0 Å². The first-order valence-corrected chi connectivity index (χ1v) is 14.2. The molecule has 3 aliphatic rings. The van der Waals surface area contributed by atoms with Crippen LogP contribution >= 0.6 is 0 Å². The summed E-state index contributed by atoms with van der Waals surface area (Å²) in [6, 6.07) is 34.6. The maximum atomic E-state index is 14.2. The van der Waals surface area contributed by atoms with Gasteiger partial charge in [-0.2, -0.15) is 0 Å². The number of esters is 1. The number of carbonyl (C=O) groups is 1. The fourth-order valence-corrected chi connectivity index (χ4v) is 8.03. The average Bonchev–Trinajstić information content (AvgIpc) is 3.41. The van der Waals surface area contributed by atoms with Crippen LogP contribution in [0.4, 0.5) is 0 Å². The van der Waals surface area contributed by atoms with E-state index in [1.807, 2.05) is 6.92 Å². The first-order chi connectivity index (χ1) is 19.1. The highest BCUT2D eigenvalue weighted by Gasteiger charge is 2.59. The molecule has 0 N–H and O–H groups in total. The van der Waals surface area contributed by atoms with Crippen LogP contribution in [-0.2, 0) is 25.1 Å².